The van der Waals surface area contributed by atoms with Gasteiger partial charge in [0.2, 0.25) is 0 Å². The summed E-state index contributed by atoms with van der Waals surface area (Å²) in [5, 5.41) is 4.92. The third kappa shape index (κ3) is 3.03. The third-order valence-corrected chi connectivity index (χ3v) is 4.93. The Morgan fingerprint density at radius 2 is 2.08 bits per heavy atom. The average molecular weight is 344 g/mol. The molecule has 24 heavy (non-hydrogen) atoms. The van der Waals surface area contributed by atoms with Crippen molar-refractivity contribution in [3.8, 4) is 5.82 Å². The molecule has 0 bridgehead atoms. The zero-order valence-corrected chi connectivity index (χ0v) is 15.1. The fourth-order valence-corrected chi connectivity index (χ4v) is 3.65. The molecule has 3 aromatic heterocycles. The monoisotopic (exact) mass is 344 g/mol. The van der Waals surface area contributed by atoms with Crippen molar-refractivity contribution in [2.24, 2.45) is 0 Å². The normalized spacial score (nSPS) is 11.2. The molecule has 3 rings (SSSR count). The van der Waals surface area contributed by atoms with Gasteiger partial charge < -0.3 is 9.09 Å². The lowest BCUT2D eigenvalue weighted by Gasteiger charge is -2.06. The Morgan fingerprint density at radius 1 is 1.29 bits per heavy atom. The highest BCUT2D eigenvalue weighted by Crippen LogP contribution is 2.23. The van der Waals surface area contributed by atoms with Crippen molar-refractivity contribution in [1.82, 2.24) is 19.3 Å². The number of rotatable bonds is 6. The van der Waals surface area contributed by atoms with E-state index in [1.807, 2.05) is 48.2 Å². The summed E-state index contributed by atoms with van der Waals surface area (Å²) in [6.07, 6.45) is 3.68. The quantitative estimate of drug-likeness (QED) is 0.505. The highest BCUT2D eigenvalue weighted by molar-refractivity contribution is 7.99. The molecule has 7 heteroatoms. The van der Waals surface area contributed by atoms with Crippen molar-refractivity contribution in [3.63, 3.8) is 0 Å². The SMILES string of the molecule is CCn1ccnc1SCC(=O)c1cc(C)n(-c2cc(C)on2)c1C. The summed E-state index contributed by atoms with van der Waals surface area (Å²) in [6, 6.07) is 3.77. The summed E-state index contributed by atoms with van der Waals surface area (Å²) in [5.41, 5.74) is 2.56. The first-order valence-electron chi connectivity index (χ1n) is 7.81. The summed E-state index contributed by atoms with van der Waals surface area (Å²) in [5.74, 6) is 1.90. The van der Waals surface area contributed by atoms with Crippen LogP contribution in [-0.2, 0) is 6.54 Å². The molecule has 0 saturated heterocycles. The highest BCUT2D eigenvalue weighted by atomic mass is 32.2. The number of hydrogen-bond acceptors (Lipinski definition) is 5. The molecule has 0 spiro atoms. The number of aryl methyl sites for hydroxylation is 3. The van der Waals surface area contributed by atoms with Gasteiger partial charge in [-0.3, -0.25) is 9.36 Å². The van der Waals surface area contributed by atoms with Crippen molar-refractivity contribution in [3.05, 3.63) is 47.2 Å². The van der Waals surface area contributed by atoms with Crippen molar-refractivity contribution >= 4 is 17.5 Å². The fraction of sp³-hybridized carbons (Fsp3) is 0.353. The van der Waals surface area contributed by atoms with Crippen molar-refractivity contribution in [2.45, 2.75) is 39.4 Å². The van der Waals surface area contributed by atoms with Gasteiger partial charge in [-0.05, 0) is 33.8 Å². The molecule has 0 saturated carbocycles. The van der Waals surface area contributed by atoms with Gasteiger partial charge >= 0.3 is 0 Å². The molecule has 126 valence electrons. The van der Waals surface area contributed by atoms with Gasteiger partial charge in [-0.25, -0.2) is 4.98 Å². The van der Waals surface area contributed by atoms with Gasteiger partial charge in [0.25, 0.3) is 0 Å². The van der Waals surface area contributed by atoms with Gasteiger partial charge in [-0.1, -0.05) is 16.9 Å². The molecular formula is C17H20N4O2S. The number of imidazole rings is 1. The molecule has 0 aliphatic heterocycles. The zero-order valence-electron chi connectivity index (χ0n) is 14.2. The number of aromatic nitrogens is 4. The summed E-state index contributed by atoms with van der Waals surface area (Å²) in [6.45, 7) is 8.65. The number of Topliss-reactive ketones (excluding diaryl/α,β-unsaturated/α-hetero) is 1. The van der Waals surface area contributed by atoms with Crippen molar-refractivity contribution in [2.75, 3.05) is 5.75 Å². The molecule has 3 heterocycles. The van der Waals surface area contributed by atoms with Crippen LogP contribution >= 0.6 is 11.8 Å². The number of carbonyl (C=O) groups is 1. The second-order valence-electron chi connectivity index (χ2n) is 5.62. The van der Waals surface area contributed by atoms with E-state index < -0.39 is 0 Å². The van der Waals surface area contributed by atoms with Crippen LogP contribution in [0.25, 0.3) is 5.82 Å². The Bertz CT molecular complexity index is 875. The summed E-state index contributed by atoms with van der Waals surface area (Å²) in [4.78, 5) is 16.9. The predicted molar refractivity (Wildman–Crippen MR) is 93.0 cm³/mol. The van der Waals surface area contributed by atoms with Crippen LogP contribution in [0.3, 0.4) is 0 Å². The first kappa shape index (κ1) is 16.6. The van der Waals surface area contributed by atoms with Gasteiger partial charge in [-0.15, -0.1) is 0 Å². The zero-order chi connectivity index (χ0) is 17.3. The third-order valence-electron chi connectivity index (χ3n) is 3.93. The lowest BCUT2D eigenvalue weighted by Crippen LogP contribution is -2.06. The molecule has 0 aliphatic rings. The maximum absolute atomic E-state index is 12.6. The fourth-order valence-electron chi connectivity index (χ4n) is 2.74. The molecule has 0 unspecified atom stereocenters. The smallest absolute Gasteiger partial charge is 0.180 e. The Kier molecular flexibility index (Phi) is 4.62. The van der Waals surface area contributed by atoms with Gasteiger partial charge in [0.15, 0.2) is 16.8 Å². The molecule has 0 radical (unpaired) electrons. The van der Waals surface area contributed by atoms with Gasteiger partial charge in [0.1, 0.15) is 5.76 Å². The van der Waals surface area contributed by atoms with Crippen LogP contribution in [-0.4, -0.2) is 30.8 Å². The van der Waals surface area contributed by atoms with E-state index in [1.54, 1.807) is 6.20 Å². The maximum atomic E-state index is 12.6. The van der Waals surface area contributed by atoms with Crippen LogP contribution in [0.2, 0.25) is 0 Å². The van der Waals surface area contributed by atoms with E-state index in [9.17, 15) is 4.79 Å². The molecule has 0 aliphatic carbocycles. The standard InChI is InChI=1S/C17H20N4O2S/c1-5-20-7-6-18-17(20)24-10-15(22)14-8-11(2)21(13(14)4)16-9-12(3)23-19-16/h6-9H,5,10H2,1-4H3. The van der Waals surface area contributed by atoms with Crippen molar-refractivity contribution < 1.29 is 9.32 Å². The number of nitrogens with zero attached hydrogens (tertiary/aromatic N) is 4. The van der Waals surface area contributed by atoms with E-state index >= 15 is 0 Å². The van der Waals surface area contributed by atoms with Crippen LogP contribution in [0.1, 0.15) is 34.4 Å². The van der Waals surface area contributed by atoms with Crippen LogP contribution in [0.5, 0.6) is 0 Å². The van der Waals surface area contributed by atoms with Gasteiger partial charge in [0, 0.05) is 42.0 Å². The Balaban J connectivity index is 1.81. The minimum atomic E-state index is 0.0882. The molecule has 0 N–H and O–H groups in total. The molecule has 0 fully saturated rings. The summed E-state index contributed by atoms with van der Waals surface area (Å²) in [7, 11) is 0. The van der Waals surface area contributed by atoms with E-state index in [1.165, 1.54) is 11.8 Å². The summed E-state index contributed by atoms with van der Waals surface area (Å²) < 4.78 is 9.12. The lowest BCUT2D eigenvalue weighted by molar-refractivity contribution is 0.102. The van der Waals surface area contributed by atoms with E-state index in [4.69, 9.17) is 4.52 Å². The lowest BCUT2D eigenvalue weighted by atomic mass is 10.2. The molecule has 0 aromatic carbocycles. The second kappa shape index (κ2) is 6.68. The average Bonchev–Trinajstić information content (AvgIpc) is 3.24. The summed E-state index contributed by atoms with van der Waals surface area (Å²) >= 11 is 1.46. The molecule has 0 amide bonds. The van der Waals surface area contributed by atoms with Gasteiger partial charge in [0.05, 0.1) is 5.75 Å². The number of carbonyl (C=O) groups excluding carboxylic acids is 1. The maximum Gasteiger partial charge on any atom is 0.180 e. The topological polar surface area (TPSA) is 65.8 Å². The van der Waals surface area contributed by atoms with Crippen LogP contribution in [0.4, 0.5) is 0 Å². The number of thioether (sulfide) groups is 1. The molecular weight excluding hydrogens is 324 g/mol. The minimum Gasteiger partial charge on any atom is -0.360 e. The van der Waals surface area contributed by atoms with Crippen LogP contribution < -0.4 is 0 Å². The van der Waals surface area contributed by atoms with E-state index in [-0.39, 0.29) is 5.78 Å². The highest BCUT2D eigenvalue weighted by Gasteiger charge is 2.19. The largest absolute Gasteiger partial charge is 0.360 e. The first-order chi connectivity index (χ1) is 11.5. The Labute approximate surface area is 144 Å². The first-order valence-corrected chi connectivity index (χ1v) is 8.79. The van der Waals surface area contributed by atoms with E-state index in [2.05, 4.69) is 17.1 Å². The number of ketones is 1. The predicted octanol–water partition coefficient (Wildman–Crippen LogP) is 3.58. The van der Waals surface area contributed by atoms with E-state index in [0.29, 0.717) is 11.6 Å². The van der Waals surface area contributed by atoms with Gasteiger partial charge in [-0.2, -0.15) is 0 Å². The van der Waals surface area contributed by atoms with E-state index in [0.717, 1.165) is 34.4 Å². The minimum absolute atomic E-state index is 0.0882. The molecule has 3 aromatic rings. The molecule has 0 atom stereocenters. The van der Waals surface area contributed by atoms with Crippen LogP contribution in [0, 0.1) is 20.8 Å². The Hall–Kier alpha value is -2.28. The second-order valence-corrected chi connectivity index (χ2v) is 6.57. The van der Waals surface area contributed by atoms with Crippen molar-refractivity contribution in [1.29, 1.82) is 0 Å². The number of hydrogen-bond donors (Lipinski definition) is 0. The van der Waals surface area contributed by atoms with Crippen LogP contribution in [0.15, 0.2) is 34.2 Å². The molecule has 6 nitrogen and oxygen atoms in total. The Morgan fingerprint density at radius 3 is 2.75 bits per heavy atom.